The highest BCUT2D eigenvalue weighted by molar-refractivity contribution is 5.73. The van der Waals surface area contributed by atoms with Gasteiger partial charge >= 0.3 is 6.16 Å². The van der Waals surface area contributed by atoms with Gasteiger partial charge < -0.3 is 9.47 Å². The lowest BCUT2D eigenvalue weighted by Crippen LogP contribution is -2.09. The van der Waals surface area contributed by atoms with Gasteiger partial charge in [0.15, 0.2) is 5.75 Å². The second kappa shape index (κ2) is 5.77. The average molecular weight is 274 g/mol. The third-order valence-corrected chi connectivity index (χ3v) is 2.98. The molecule has 0 aliphatic rings. The molecule has 5 nitrogen and oxygen atoms in total. The van der Waals surface area contributed by atoms with E-state index in [0.717, 1.165) is 11.3 Å². The minimum atomic E-state index is -0.742. The van der Waals surface area contributed by atoms with Crippen LogP contribution in [0.3, 0.4) is 0 Å². The Morgan fingerprint density at radius 3 is 2.45 bits per heavy atom. The lowest BCUT2D eigenvalue weighted by molar-refractivity contribution is 0.121. The van der Waals surface area contributed by atoms with E-state index in [1.807, 2.05) is 55.8 Å². The quantitative estimate of drug-likeness (QED) is 0.803. The zero-order valence-corrected chi connectivity index (χ0v) is 12.1. The van der Waals surface area contributed by atoms with Crippen molar-refractivity contribution in [3.63, 3.8) is 0 Å². The molecule has 0 N–H and O–H groups in total. The molecule has 0 radical (unpaired) electrons. The molecule has 2 rings (SSSR count). The Balaban J connectivity index is 2.54. The van der Waals surface area contributed by atoms with Gasteiger partial charge in [-0.15, -0.1) is 0 Å². The van der Waals surface area contributed by atoms with Crippen LogP contribution in [0.5, 0.6) is 5.75 Å². The number of hydrogen-bond acceptors (Lipinski definition) is 4. The summed E-state index contributed by atoms with van der Waals surface area (Å²) in [7, 11) is 1.28. The molecule has 2 aromatic rings. The van der Waals surface area contributed by atoms with Gasteiger partial charge in [0, 0.05) is 11.6 Å². The van der Waals surface area contributed by atoms with Crippen LogP contribution in [0.25, 0.3) is 11.3 Å². The molecule has 0 fully saturated rings. The van der Waals surface area contributed by atoms with Crippen molar-refractivity contribution in [2.45, 2.75) is 26.8 Å². The van der Waals surface area contributed by atoms with Crippen molar-refractivity contribution in [3.8, 4) is 17.0 Å². The van der Waals surface area contributed by atoms with Gasteiger partial charge in [-0.25, -0.2) is 4.79 Å². The van der Waals surface area contributed by atoms with Gasteiger partial charge in [0.1, 0.15) is 5.69 Å². The lowest BCUT2D eigenvalue weighted by Gasteiger charge is -2.08. The first-order valence-electron chi connectivity index (χ1n) is 6.45. The predicted octanol–water partition coefficient (Wildman–Crippen LogP) is 3.58. The molecule has 1 aromatic heterocycles. The van der Waals surface area contributed by atoms with Crippen LogP contribution in [0.4, 0.5) is 4.79 Å². The third-order valence-electron chi connectivity index (χ3n) is 2.98. The van der Waals surface area contributed by atoms with Gasteiger partial charge in [0.25, 0.3) is 0 Å². The molecule has 0 aliphatic carbocycles. The maximum absolute atomic E-state index is 11.4. The summed E-state index contributed by atoms with van der Waals surface area (Å²) in [4.78, 5) is 11.4. The Morgan fingerprint density at radius 2 is 1.90 bits per heavy atom. The summed E-state index contributed by atoms with van der Waals surface area (Å²) in [5.41, 5.74) is 2.33. The number of rotatable bonds is 3. The van der Waals surface area contributed by atoms with E-state index in [-0.39, 0.29) is 6.04 Å². The molecule has 20 heavy (non-hydrogen) atoms. The first-order chi connectivity index (χ1) is 9.54. The molecular weight excluding hydrogens is 256 g/mol. The van der Waals surface area contributed by atoms with Crippen LogP contribution in [0.2, 0.25) is 0 Å². The van der Waals surface area contributed by atoms with Gasteiger partial charge in [-0.2, -0.15) is 5.10 Å². The van der Waals surface area contributed by atoms with E-state index in [1.54, 1.807) is 0 Å². The van der Waals surface area contributed by atoms with Gasteiger partial charge in [-0.3, -0.25) is 4.68 Å². The second-order valence-corrected chi connectivity index (χ2v) is 4.72. The monoisotopic (exact) mass is 274 g/mol. The number of nitrogens with zero attached hydrogens (tertiary/aromatic N) is 2. The summed E-state index contributed by atoms with van der Waals surface area (Å²) in [6, 6.07) is 9.79. The predicted molar refractivity (Wildman–Crippen MR) is 75.8 cm³/mol. The normalized spacial score (nSPS) is 10.7. The summed E-state index contributed by atoms with van der Waals surface area (Å²) in [6.07, 6.45) is -0.742. The first kappa shape index (κ1) is 14.1. The van der Waals surface area contributed by atoms with Crippen LogP contribution < -0.4 is 4.74 Å². The van der Waals surface area contributed by atoms with Gasteiger partial charge in [0.05, 0.1) is 12.8 Å². The molecule has 5 heteroatoms. The van der Waals surface area contributed by atoms with Crippen molar-refractivity contribution in [1.29, 1.82) is 0 Å². The SMILES string of the molecule is COC(=O)Oc1c(-c2ccccc2)nn(C(C)C)c1C. The number of carbonyl (C=O) groups excluding carboxylic acids is 1. The zero-order chi connectivity index (χ0) is 14.7. The highest BCUT2D eigenvalue weighted by Gasteiger charge is 2.21. The Morgan fingerprint density at radius 1 is 1.25 bits per heavy atom. The summed E-state index contributed by atoms with van der Waals surface area (Å²) < 4.78 is 11.7. The zero-order valence-electron chi connectivity index (χ0n) is 12.1. The Labute approximate surface area is 118 Å². The van der Waals surface area contributed by atoms with E-state index in [1.165, 1.54) is 7.11 Å². The Kier molecular flexibility index (Phi) is 4.08. The van der Waals surface area contributed by atoms with Gasteiger partial charge in [-0.05, 0) is 20.8 Å². The molecule has 0 aliphatic heterocycles. The molecule has 0 amide bonds. The standard InChI is InChI=1S/C15H18N2O3/c1-10(2)17-11(3)14(20-15(18)19-4)13(16-17)12-8-6-5-7-9-12/h5-10H,1-4H3. The van der Waals surface area contributed by atoms with E-state index < -0.39 is 6.16 Å². The number of benzene rings is 1. The van der Waals surface area contributed by atoms with E-state index in [4.69, 9.17) is 4.74 Å². The van der Waals surface area contributed by atoms with Crippen LogP contribution >= 0.6 is 0 Å². The first-order valence-corrected chi connectivity index (χ1v) is 6.45. The maximum Gasteiger partial charge on any atom is 0.513 e. The van der Waals surface area contributed by atoms with Crippen molar-refractivity contribution in [2.75, 3.05) is 7.11 Å². The number of ether oxygens (including phenoxy) is 2. The van der Waals surface area contributed by atoms with Crippen LogP contribution in [0.15, 0.2) is 30.3 Å². The summed E-state index contributed by atoms with van der Waals surface area (Å²) in [5.74, 6) is 0.441. The fourth-order valence-electron chi connectivity index (χ4n) is 2.04. The molecular formula is C15H18N2O3. The third kappa shape index (κ3) is 2.66. The minimum Gasteiger partial charge on any atom is -0.437 e. The highest BCUT2D eigenvalue weighted by atomic mass is 16.7. The number of carbonyl (C=O) groups is 1. The molecule has 0 bridgehead atoms. The molecule has 0 spiro atoms. The average Bonchev–Trinajstić information content (AvgIpc) is 2.77. The smallest absolute Gasteiger partial charge is 0.437 e. The van der Waals surface area contributed by atoms with E-state index >= 15 is 0 Å². The largest absolute Gasteiger partial charge is 0.513 e. The molecule has 0 saturated carbocycles. The lowest BCUT2D eigenvalue weighted by atomic mass is 10.1. The highest BCUT2D eigenvalue weighted by Crippen LogP contribution is 2.33. The topological polar surface area (TPSA) is 53.4 Å². The van der Waals surface area contributed by atoms with Crippen molar-refractivity contribution >= 4 is 6.16 Å². The Hall–Kier alpha value is -2.30. The number of hydrogen-bond donors (Lipinski definition) is 0. The Bertz CT molecular complexity index is 603. The molecule has 0 saturated heterocycles. The van der Waals surface area contributed by atoms with E-state index in [2.05, 4.69) is 9.84 Å². The van der Waals surface area contributed by atoms with E-state index in [0.29, 0.717) is 11.4 Å². The van der Waals surface area contributed by atoms with Gasteiger partial charge in [0.2, 0.25) is 0 Å². The molecule has 1 aromatic carbocycles. The van der Waals surface area contributed by atoms with Gasteiger partial charge in [-0.1, -0.05) is 30.3 Å². The maximum atomic E-state index is 11.4. The van der Waals surface area contributed by atoms with Crippen molar-refractivity contribution in [2.24, 2.45) is 0 Å². The van der Waals surface area contributed by atoms with Crippen LogP contribution in [-0.2, 0) is 4.74 Å². The number of methoxy groups -OCH3 is 1. The van der Waals surface area contributed by atoms with Crippen molar-refractivity contribution in [1.82, 2.24) is 9.78 Å². The molecule has 106 valence electrons. The summed E-state index contributed by atoms with van der Waals surface area (Å²) in [5, 5.41) is 4.55. The molecule has 1 heterocycles. The van der Waals surface area contributed by atoms with Crippen LogP contribution in [0, 0.1) is 6.92 Å². The van der Waals surface area contributed by atoms with Crippen molar-refractivity contribution < 1.29 is 14.3 Å². The van der Waals surface area contributed by atoms with Crippen LogP contribution in [0.1, 0.15) is 25.6 Å². The molecule has 0 unspecified atom stereocenters. The summed E-state index contributed by atoms with van der Waals surface area (Å²) >= 11 is 0. The fourth-order valence-corrected chi connectivity index (χ4v) is 2.04. The van der Waals surface area contributed by atoms with Crippen LogP contribution in [-0.4, -0.2) is 23.0 Å². The summed E-state index contributed by atoms with van der Waals surface area (Å²) in [6.45, 7) is 5.92. The van der Waals surface area contributed by atoms with Crippen molar-refractivity contribution in [3.05, 3.63) is 36.0 Å². The molecule has 0 atom stereocenters. The fraction of sp³-hybridized carbons (Fsp3) is 0.333. The number of aromatic nitrogens is 2. The van der Waals surface area contributed by atoms with E-state index in [9.17, 15) is 4.79 Å². The second-order valence-electron chi connectivity index (χ2n) is 4.72. The minimum absolute atomic E-state index is 0.174.